The lowest BCUT2D eigenvalue weighted by Crippen LogP contribution is -2.29. The van der Waals surface area contributed by atoms with Crippen LogP contribution in [-0.4, -0.2) is 35.5 Å². The molecule has 0 radical (unpaired) electrons. The Hall–Kier alpha value is -3.99. The minimum atomic E-state index is -0.824. The van der Waals surface area contributed by atoms with Crippen LogP contribution in [0.15, 0.2) is 46.2 Å². The van der Waals surface area contributed by atoms with Crippen molar-refractivity contribution in [3.05, 3.63) is 86.4 Å². The molecule has 3 heterocycles. The highest BCUT2D eigenvalue weighted by molar-refractivity contribution is 6.31. The molecular weight excluding hydrogens is 479 g/mol. The van der Waals surface area contributed by atoms with E-state index in [0.717, 1.165) is 10.1 Å². The molecule has 0 unspecified atom stereocenters. The minimum absolute atomic E-state index is 0.178. The highest BCUT2D eigenvalue weighted by atomic mass is 35.5. The number of aryl methyl sites for hydroxylation is 2. The third kappa shape index (κ3) is 4.54. The van der Waals surface area contributed by atoms with Gasteiger partial charge in [0.1, 0.15) is 23.6 Å². The Bertz CT molecular complexity index is 1460. The summed E-state index contributed by atoms with van der Waals surface area (Å²) < 4.78 is 21.8. The number of nitrogens with zero attached hydrogens (tertiary/aromatic N) is 5. The van der Waals surface area contributed by atoms with Gasteiger partial charge in [-0.1, -0.05) is 23.7 Å². The average Bonchev–Trinajstić information content (AvgIpc) is 3.43. The Morgan fingerprint density at radius 1 is 1.29 bits per heavy atom. The number of hydrogen-bond acceptors (Lipinski definition) is 7. The number of amides is 1. The van der Waals surface area contributed by atoms with Crippen LogP contribution in [0.5, 0.6) is 5.75 Å². The molecule has 1 aromatic carbocycles. The Labute approximate surface area is 204 Å². The zero-order chi connectivity index (χ0) is 25.4. The molecule has 12 heteroatoms. The monoisotopic (exact) mass is 500 g/mol. The van der Waals surface area contributed by atoms with E-state index in [2.05, 4.69) is 25.1 Å². The first-order chi connectivity index (χ1) is 16.6. The van der Waals surface area contributed by atoms with Crippen LogP contribution in [-0.2, 0) is 14.1 Å². The van der Waals surface area contributed by atoms with Gasteiger partial charge in [-0.25, -0.2) is 9.37 Å². The number of carbonyl (C=O) groups is 1. The van der Waals surface area contributed by atoms with Crippen LogP contribution in [0.4, 0.5) is 10.1 Å². The van der Waals surface area contributed by atoms with Gasteiger partial charge in [-0.15, -0.1) is 0 Å². The summed E-state index contributed by atoms with van der Waals surface area (Å²) in [6, 6.07) is 4.04. The predicted molar refractivity (Wildman–Crippen MR) is 125 cm³/mol. The molecule has 2 N–H and O–H groups in total. The maximum atomic E-state index is 14.3. The standard InChI is InChI=1S/C23H22ClFN6O4/c1-11(18(16-9-30(3)29-12(16)2)15-7-13(25)5-6-17(15)24)21-28-19(20(32)23(34)31(21)4)22(33)27-14-8-26-35-10-14/h5-11,18,32H,1-4H3,(H,27,33)/t11-,18+/m1/s1. The lowest BCUT2D eigenvalue weighted by atomic mass is 9.81. The summed E-state index contributed by atoms with van der Waals surface area (Å²) in [7, 11) is 3.19. The van der Waals surface area contributed by atoms with Crippen LogP contribution >= 0.6 is 11.6 Å². The lowest BCUT2D eigenvalue weighted by Gasteiger charge is -2.26. The lowest BCUT2D eigenvalue weighted by molar-refractivity contribution is 0.101. The topological polar surface area (TPSA) is 128 Å². The maximum Gasteiger partial charge on any atom is 0.296 e. The smallest absolute Gasteiger partial charge is 0.296 e. The minimum Gasteiger partial charge on any atom is -0.501 e. The second-order valence-corrected chi connectivity index (χ2v) is 8.58. The van der Waals surface area contributed by atoms with Gasteiger partial charge in [0.2, 0.25) is 5.75 Å². The van der Waals surface area contributed by atoms with Crippen LogP contribution in [0.25, 0.3) is 0 Å². The molecule has 4 rings (SSSR count). The van der Waals surface area contributed by atoms with Crippen molar-refractivity contribution in [1.82, 2.24) is 24.5 Å². The summed E-state index contributed by atoms with van der Waals surface area (Å²) in [5, 5.41) is 21.1. The van der Waals surface area contributed by atoms with Gasteiger partial charge in [0.05, 0.1) is 11.9 Å². The van der Waals surface area contributed by atoms with E-state index >= 15 is 0 Å². The molecule has 35 heavy (non-hydrogen) atoms. The summed E-state index contributed by atoms with van der Waals surface area (Å²) >= 11 is 6.49. The fourth-order valence-electron chi connectivity index (χ4n) is 4.16. The number of aromatic nitrogens is 5. The molecule has 0 fully saturated rings. The SMILES string of the molecule is Cc1nn(C)cc1[C@H](c1cc(F)ccc1Cl)[C@@H](C)c1nc(C(=O)Nc2cnoc2)c(O)c(=O)n1C. The first-order valence-corrected chi connectivity index (χ1v) is 10.9. The fraction of sp³-hybridized carbons (Fsp3) is 0.261. The average molecular weight is 501 g/mol. The molecule has 10 nitrogen and oxygen atoms in total. The molecule has 3 aromatic heterocycles. The zero-order valence-corrected chi connectivity index (χ0v) is 20.0. The first kappa shape index (κ1) is 24.1. The van der Waals surface area contributed by atoms with Crippen molar-refractivity contribution >= 4 is 23.2 Å². The van der Waals surface area contributed by atoms with Crippen LogP contribution in [0.2, 0.25) is 5.02 Å². The molecule has 0 bridgehead atoms. The number of rotatable bonds is 6. The number of nitrogens with one attached hydrogen (secondary N) is 1. The fourth-order valence-corrected chi connectivity index (χ4v) is 4.40. The highest BCUT2D eigenvalue weighted by Gasteiger charge is 2.32. The normalized spacial score (nSPS) is 13.0. The Balaban J connectivity index is 1.88. The van der Waals surface area contributed by atoms with Crippen molar-refractivity contribution < 1.29 is 18.8 Å². The molecule has 0 spiro atoms. The molecule has 1 amide bonds. The van der Waals surface area contributed by atoms with Gasteiger partial charge >= 0.3 is 0 Å². The summed E-state index contributed by atoms with van der Waals surface area (Å²) in [5.41, 5.74) is 0.826. The van der Waals surface area contributed by atoms with Crippen LogP contribution in [0.3, 0.4) is 0 Å². The number of benzene rings is 1. The van der Waals surface area contributed by atoms with Gasteiger partial charge in [-0.05, 0) is 30.7 Å². The van der Waals surface area contributed by atoms with Crippen molar-refractivity contribution in [2.45, 2.75) is 25.7 Å². The molecule has 4 aromatic rings. The van der Waals surface area contributed by atoms with Gasteiger partial charge in [0.15, 0.2) is 5.69 Å². The predicted octanol–water partition coefficient (Wildman–Crippen LogP) is 3.50. The number of aromatic hydroxyl groups is 1. The van der Waals surface area contributed by atoms with Crippen molar-refractivity contribution in [3.8, 4) is 5.75 Å². The van der Waals surface area contributed by atoms with Crippen LogP contribution in [0, 0.1) is 12.7 Å². The Kier molecular flexibility index (Phi) is 6.44. The van der Waals surface area contributed by atoms with Gasteiger partial charge in [0, 0.05) is 42.7 Å². The Morgan fingerprint density at radius 2 is 2.03 bits per heavy atom. The molecule has 0 aliphatic heterocycles. The number of halogens is 2. The Morgan fingerprint density at radius 3 is 2.66 bits per heavy atom. The third-order valence-corrected chi connectivity index (χ3v) is 6.14. The summed E-state index contributed by atoms with van der Waals surface area (Å²) in [4.78, 5) is 30.0. The molecule has 0 saturated carbocycles. The van der Waals surface area contributed by atoms with Gasteiger partial charge in [-0.3, -0.25) is 18.8 Å². The molecular formula is C23H22ClFN6O4. The maximum absolute atomic E-state index is 14.3. The number of hydrogen-bond donors (Lipinski definition) is 2. The number of anilines is 1. The summed E-state index contributed by atoms with van der Waals surface area (Å²) in [6.07, 6.45) is 4.23. The van der Waals surface area contributed by atoms with E-state index in [-0.39, 0.29) is 11.5 Å². The van der Waals surface area contributed by atoms with E-state index in [1.165, 1.54) is 37.7 Å². The van der Waals surface area contributed by atoms with Crippen molar-refractivity contribution in [1.29, 1.82) is 0 Å². The van der Waals surface area contributed by atoms with Crippen molar-refractivity contribution in [2.24, 2.45) is 14.1 Å². The summed E-state index contributed by atoms with van der Waals surface area (Å²) in [6.45, 7) is 3.59. The van der Waals surface area contributed by atoms with E-state index in [1.807, 2.05) is 6.92 Å². The van der Waals surface area contributed by atoms with E-state index in [0.29, 0.717) is 16.3 Å². The highest BCUT2D eigenvalue weighted by Crippen LogP contribution is 2.41. The van der Waals surface area contributed by atoms with Crippen molar-refractivity contribution in [2.75, 3.05) is 5.32 Å². The second kappa shape index (κ2) is 9.34. The van der Waals surface area contributed by atoms with Gasteiger partial charge in [-0.2, -0.15) is 5.10 Å². The van der Waals surface area contributed by atoms with Crippen molar-refractivity contribution in [3.63, 3.8) is 0 Å². The molecule has 182 valence electrons. The zero-order valence-electron chi connectivity index (χ0n) is 19.3. The van der Waals surface area contributed by atoms with Gasteiger partial charge in [0.25, 0.3) is 11.5 Å². The van der Waals surface area contributed by atoms with Gasteiger partial charge < -0.3 is 14.9 Å². The molecule has 0 aliphatic carbocycles. The van der Waals surface area contributed by atoms with E-state index in [4.69, 9.17) is 11.6 Å². The first-order valence-electron chi connectivity index (χ1n) is 10.5. The molecule has 0 aliphatic rings. The van der Waals surface area contributed by atoms with E-state index in [9.17, 15) is 19.1 Å². The second-order valence-electron chi connectivity index (χ2n) is 8.17. The number of carbonyl (C=O) groups excluding carboxylic acids is 1. The molecule has 0 saturated heterocycles. The van der Waals surface area contributed by atoms with E-state index in [1.54, 1.807) is 24.9 Å². The van der Waals surface area contributed by atoms with Crippen LogP contribution in [0.1, 0.15) is 51.9 Å². The summed E-state index contributed by atoms with van der Waals surface area (Å²) in [5.74, 6) is -3.12. The largest absolute Gasteiger partial charge is 0.501 e. The third-order valence-electron chi connectivity index (χ3n) is 5.79. The van der Waals surface area contributed by atoms with Crippen LogP contribution < -0.4 is 10.9 Å². The quantitative estimate of drug-likeness (QED) is 0.414. The molecule has 2 atom stereocenters. The van der Waals surface area contributed by atoms with E-state index < -0.39 is 40.6 Å².